The summed E-state index contributed by atoms with van der Waals surface area (Å²) < 4.78 is 12.8. The number of halogens is 1. The summed E-state index contributed by atoms with van der Waals surface area (Å²) >= 11 is 0. The molecule has 1 unspecified atom stereocenters. The number of rotatable bonds is 6. The van der Waals surface area contributed by atoms with Crippen LogP contribution >= 0.6 is 0 Å². The van der Waals surface area contributed by atoms with Gasteiger partial charge in [-0.2, -0.15) is 0 Å². The number of alkyl halides is 1. The molecule has 5 rings (SSSR count). The first-order valence-electron chi connectivity index (χ1n) is 12.0. The third-order valence-electron chi connectivity index (χ3n) is 7.38. The van der Waals surface area contributed by atoms with Gasteiger partial charge in [0, 0.05) is 48.8 Å². The van der Waals surface area contributed by atoms with Crippen LogP contribution in [0.2, 0.25) is 0 Å². The second-order valence-electron chi connectivity index (χ2n) is 9.65. The second kappa shape index (κ2) is 9.49. The summed E-state index contributed by atoms with van der Waals surface area (Å²) in [7, 11) is 0. The molecule has 7 heteroatoms. The van der Waals surface area contributed by atoms with Crippen molar-refractivity contribution in [2.24, 2.45) is 5.41 Å². The molecule has 1 saturated heterocycles. The average molecular weight is 460 g/mol. The molecule has 34 heavy (non-hydrogen) atoms. The first kappa shape index (κ1) is 22.4. The molecule has 1 saturated carbocycles. The van der Waals surface area contributed by atoms with E-state index in [9.17, 15) is 9.18 Å². The quantitative estimate of drug-likeness (QED) is 0.548. The summed E-state index contributed by atoms with van der Waals surface area (Å²) in [5.74, 6) is 1.28. The normalized spacial score (nSPS) is 19.0. The molecule has 1 spiro atoms. The SMILES string of the molecule is Cc1ccc(-c2ncccn2)c(C(=O)N2CCC3(CCC3)CC2CNc2ccc(CF)cn2)c1. The molecule has 1 atom stereocenters. The number of piperidine rings is 1. The smallest absolute Gasteiger partial charge is 0.254 e. The molecule has 0 radical (unpaired) electrons. The van der Waals surface area contributed by atoms with E-state index in [0.29, 0.717) is 34.7 Å². The molecule has 1 amide bonds. The number of anilines is 1. The summed E-state index contributed by atoms with van der Waals surface area (Å²) in [6.45, 7) is 2.82. The van der Waals surface area contributed by atoms with Gasteiger partial charge in [-0.15, -0.1) is 0 Å². The maximum Gasteiger partial charge on any atom is 0.254 e. The number of nitrogens with zero attached hydrogens (tertiary/aromatic N) is 4. The topological polar surface area (TPSA) is 71.0 Å². The van der Waals surface area contributed by atoms with E-state index < -0.39 is 6.67 Å². The Hall–Kier alpha value is -3.35. The van der Waals surface area contributed by atoms with Crippen LogP contribution in [0.4, 0.5) is 10.2 Å². The van der Waals surface area contributed by atoms with Crippen LogP contribution in [-0.4, -0.2) is 44.9 Å². The van der Waals surface area contributed by atoms with Crippen LogP contribution in [0.25, 0.3) is 11.4 Å². The van der Waals surface area contributed by atoms with Gasteiger partial charge in [0.15, 0.2) is 5.82 Å². The van der Waals surface area contributed by atoms with Crippen LogP contribution in [0.3, 0.4) is 0 Å². The number of carbonyl (C=O) groups is 1. The second-order valence-corrected chi connectivity index (χ2v) is 9.65. The number of hydrogen-bond acceptors (Lipinski definition) is 5. The van der Waals surface area contributed by atoms with E-state index in [1.54, 1.807) is 36.8 Å². The molecule has 1 aromatic carbocycles. The van der Waals surface area contributed by atoms with E-state index >= 15 is 0 Å². The van der Waals surface area contributed by atoms with Gasteiger partial charge >= 0.3 is 0 Å². The predicted octanol–water partition coefficient (Wildman–Crippen LogP) is 5.20. The van der Waals surface area contributed by atoms with Crippen molar-refractivity contribution in [3.63, 3.8) is 0 Å². The molecule has 0 bridgehead atoms. The number of aryl methyl sites for hydroxylation is 1. The molecule has 1 N–H and O–H groups in total. The number of benzene rings is 1. The summed E-state index contributed by atoms with van der Waals surface area (Å²) in [6.07, 6.45) is 10.7. The van der Waals surface area contributed by atoms with E-state index in [-0.39, 0.29) is 11.9 Å². The highest BCUT2D eigenvalue weighted by Gasteiger charge is 2.45. The largest absolute Gasteiger partial charge is 0.368 e. The Morgan fingerprint density at radius 2 is 1.97 bits per heavy atom. The number of nitrogens with one attached hydrogen (secondary N) is 1. The van der Waals surface area contributed by atoms with E-state index in [1.807, 2.05) is 30.0 Å². The van der Waals surface area contributed by atoms with Crippen molar-refractivity contribution in [2.45, 2.75) is 51.7 Å². The van der Waals surface area contributed by atoms with Crippen LogP contribution in [-0.2, 0) is 6.67 Å². The Bertz CT molecular complexity index is 1150. The molecule has 6 nitrogen and oxygen atoms in total. The lowest BCUT2D eigenvalue weighted by atomic mass is 9.61. The third-order valence-corrected chi connectivity index (χ3v) is 7.38. The number of likely N-dealkylation sites (tertiary alicyclic amines) is 1. The van der Waals surface area contributed by atoms with Gasteiger partial charge in [-0.05, 0) is 56.2 Å². The number of carbonyl (C=O) groups excluding carboxylic acids is 1. The monoisotopic (exact) mass is 459 g/mol. The standard InChI is InChI=1S/C27H30FN5O/c1-19-4-6-22(25-29-11-3-12-30-25)23(14-19)26(34)33-13-10-27(8-2-9-27)15-21(33)18-32-24-7-5-20(16-28)17-31-24/h3-7,11-12,14,17,21H,2,8-10,13,15-16,18H2,1H3,(H,31,32). The fraction of sp³-hybridized carbons (Fsp3) is 0.407. The lowest BCUT2D eigenvalue weighted by molar-refractivity contribution is 0.00333. The van der Waals surface area contributed by atoms with Crippen molar-refractivity contribution in [3.05, 3.63) is 71.7 Å². The molecule has 2 aromatic heterocycles. The van der Waals surface area contributed by atoms with Crippen molar-refractivity contribution in [1.29, 1.82) is 0 Å². The van der Waals surface area contributed by atoms with Gasteiger partial charge in [-0.3, -0.25) is 4.79 Å². The summed E-state index contributed by atoms with van der Waals surface area (Å²) in [6, 6.07) is 11.3. The highest BCUT2D eigenvalue weighted by atomic mass is 19.1. The molecule has 1 aliphatic carbocycles. The molecule has 176 valence electrons. The van der Waals surface area contributed by atoms with Gasteiger partial charge < -0.3 is 10.2 Å². The zero-order chi connectivity index (χ0) is 23.5. The lowest BCUT2D eigenvalue weighted by Crippen LogP contribution is -2.54. The maximum atomic E-state index is 14.0. The minimum absolute atomic E-state index is 0.0212. The third kappa shape index (κ3) is 4.52. The average Bonchev–Trinajstić information content (AvgIpc) is 2.86. The predicted molar refractivity (Wildman–Crippen MR) is 130 cm³/mol. The van der Waals surface area contributed by atoms with E-state index in [0.717, 1.165) is 30.5 Å². The molecule has 2 fully saturated rings. The zero-order valence-corrected chi connectivity index (χ0v) is 19.5. The zero-order valence-electron chi connectivity index (χ0n) is 19.5. The van der Waals surface area contributed by atoms with Crippen LogP contribution in [0.15, 0.2) is 55.0 Å². The Labute approximate surface area is 199 Å². The summed E-state index contributed by atoms with van der Waals surface area (Å²) in [4.78, 5) is 29.1. The highest BCUT2D eigenvalue weighted by Crippen LogP contribution is 2.50. The number of pyridine rings is 1. The number of aromatic nitrogens is 3. The Balaban J connectivity index is 1.41. The van der Waals surface area contributed by atoms with Gasteiger partial charge in [-0.25, -0.2) is 19.3 Å². The van der Waals surface area contributed by atoms with Gasteiger partial charge in [0.25, 0.3) is 5.91 Å². The Morgan fingerprint density at radius 3 is 2.65 bits per heavy atom. The molecule has 2 aliphatic rings. The van der Waals surface area contributed by atoms with Crippen molar-refractivity contribution in [1.82, 2.24) is 19.9 Å². The summed E-state index contributed by atoms with van der Waals surface area (Å²) in [5, 5.41) is 3.39. The number of hydrogen-bond donors (Lipinski definition) is 1. The van der Waals surface area contributed by atoms with Gasteiger partial charge in [-0.1, -0.05) is 30.2 Å². The fourth-order valence-corrected chi connectivity index (χ4v) is 5.29. The van der Waals surface area contributed by atoms with Crippen molar-refractivity contribution < 1.29 is 9.18 Å². The van der Waals surface area contributed by atoms with Crippen LogP contribution in [0, 0.1) is 12.3 Å². The first-order valence-corrected chi connectivity index (χ1v) is 12.0. The van der Waals surface area contributed by atoms with Crippen LogP contribution in [0.5, 0.6) is 0 Å². The van der Waals surface area contributed by atoms with Crippen molar-refractivity contribution in [2.75, 3.05) is 18.4 Å². The van der Waals surface area contributed by atoms with Crippen molar-refractivity contribution in [3.8, 4) is 11.4 Å². The molecular weight excluding hydrogens is 429 g/mol. The van der Waals surface area contributed by atoms with Crippen LogP contribution in [0.1, 0.15) is 53.6 Å². The minimum Gasteiger partial charge on any atom is -0.368 e. The van der Waals surface area contributed by atoms with Gasteiger partial charge in [0.2, 0.25) is 0 Å². The number of amides is 1. The molecule has 1 aliphatic heterocycles. The summed E-state index contributed by atoms with van der Waals surface area (Å²) in [5.41, 5.74) is 3.35. The molecule has 3 heterocycles. The Morgan fingerprint density at radius 1 is 1.15 bits per heavy atom. The van der Waals surface area contributed by atoms with Crippen LogP contribution < -0.4 is 5.32 Å². The minimum atomic E-state index is -0.523. The Kier molecular flexibility index (Phi) is 6.26. The molecule has 3 aromatic rings. The van der Waals surface area contributed by atoms with E-state index in [1.165, 1.54) is 19.3 Å². The lowest BCUT2D eigenvalue weighted by Gasteiger charge is -2.51. The fourth-order valence-electron chi connectivity index (χ4n) is 5.29. The molecular formula is C27H30FN5O. The van der Waals surface area contributed by atoms with E-state index in [4.69, 9.17) is 0 Å². The van der Waals surface area contributed by atoms with E-state index in [2.05, 4.69) is 20.3 Å². The van der Waals surface area contributed by atoms with Crippen molar-refractivity contribution >= 4 is 11.7 Å². The van der Waals surface area contributed by atoms with Gasteiger partial charge in [0.1, 0.15) is 12.5 Å². The first-order chi connectivity index (χ1) is 16.6. The van der Waals surface area contributed by atoms with Gasteiger partial charge in [0.05, 0.1) is 5.56 Å². The highest BCUT2D eigenvalue weighted by molar-refractivity contribution is 6.00. The maximum absolute atomic E-state index is 14.0.